The normalized spacial score (nSPS) is 11.0. The van der Waals surface area contributed by atoms with Crippen LogP contribution < -0.4 is 0 Å². The van der Waals surface area contributed by atoms with Gasteiger partial charge in [-0.1, -0.05) is 24.8 Å². The van der Waals surface area contributed by atoms with Crippen molar-refractivity contribution in [3.63, 3.8) is 0 Å². The molecule has 2 N–H and O–H groups in total. The van der Waals surface area contributed by atoms with Crippen LogP contribution >= 0.6 is 0 Å². The third-order valence-electron chi connectivity index (χ3n) is 0.988. The fraction of sp³-hybridized carbons (Fsp3) is 0.429. The number of hydrogen-bond acceptors (Lipinski definition) is 2. The maximum absolute atomic E-state index is 8.51. The first-order valence-electron chi connectivity index (χ1n) is 2.86. The Bertz CT molecular complexity index is 93.1. The second kappa shape index (κ2) is 5.54. The average molecular weight is 128 g/mol. The Morgan fingerprint density at radius 1 is 1.33 bits per heavy atom. The quantitative estimate of drug-likeness (QED) is 0.536. The van der Waals surface area contributed by atoms with E-state index in [2.05, 4.69) is 6.58 Å². The van der Waals surface area contributed by atoms with E-state index >= 15 is 0 Å². The van der Waals surface area contributed by atoms with Crippen LogP contribution in [0.25, 0.3) is 0 Å². The molecule has 0 aliphatic rings. The number of aliphatic hydroxyl groups is 2. The van der Waals surface area contributed by atoms with Crippen LogP contribution in [0.5, 0.6) is 0 Å². The summed E-state index contributed by atoms with van der Waals surface area (Å²) in [5.41, 5.74) is 0. The van der Waals surface area contributed by atoms with Crippen molar-refractivity contribution in [2.24, 2.45) is 5.92 Å². The van der Waals surface area contributed by atoms with E-state index in [4.69, 9.17) is 10.2 Å². The van der Waals surface area contributed by atoms with Crippen LogP contribution in [0.15, 0.2) is 24.8 Å². The van der Waals surface area contributed by atoms with Gasteiger partial charge in [-0.3, -0.25) is 0 Å². The molecular weight excluding hydrogens is 116 g/mol. The van der Waals surface area contributed by atoms with Crippen molar-refractivity contribution in [2.75, 3.05) is 13.2 Å². The van der Waals surface area contributed by atoms with E-state index in [9.17, 15) is 0 Å². The van der Waals surface area contributed by atoms with Crippen molar-refractivity contribution in [1.29, 1.82) is 0 Å². The Labute approximate surface area is 55.1 Å². The maximum Gasteiger partial charge on any atom is 0.0515 e. The molecule has 52 valence electrons. The molecule has 0 rings (SSSR count). The minimum atomic E-state index is -0.136. The van der Waals surface area contributed by atoms with Gasteiger partial charge in [0.2, 0.25) is 0 Å². The second-order valence-electron chi connectivity index (χ2n) is 1.75. The van der Waals surface area contributed by atoms with Crippen LogP contribution in [-0.2, 0) is 0 Å². The summed E-state index contributed by atoms with van der Waals surface area (Å²) in [6.45, 7) is 3.43. The summed E-state index contributed by atoms with van der Waals surface area (Å²) in [6.07, 6.45) is 5.03. The zero-order valence-electron chi connectivity index (χ0n) is 5.33. The van der Waals surface area contributed by atoms with Crippen molar-refractivity contribution >= 4 is 0 Å². The van der Waals surface area contributed by atoms with Gasteiger partial charge in [-0.25, -0.2) is 0 Å². The summed E-state index contributed by atoms with van der Waals surface area (Å²) in [5.74, 6) is -0.136. The summed E-state index contributed by atoms with van der Waals surface area (Å²) < 4.78 is 0. The molecule has 0 amide bonds. The van der Waals surface area contributed by atoms with Crippen LogP contribution in [-0.4, -0.2) is 23.4 Å². The fourth-order valence-corrected chi connectivity index (χ4v) is 0.415. The van der Waals surface area contributed by atoms with Crippen LogP contribution in [0.3, 0.4) is 0 Å². The first-order valence-corrected chi connectivity index (χ1v) is 2.86. The Morgan fingerprint density at radius 2 is 1.89 bits per heavy atom. The van der Waals surface area contributed by atoms with E-state index in [1.165, 1.54) is 0 Å². The Hall–Kier alpha value is -0.600. The Morgan fingerprint density at radius 3 is 2.22 bits per heavy atom. The van der Waals surface area contributed by atoms with Gasteiger partial charge in [0, 0.05) is 5.92 Å². The molecule has 0 aromatic carbocycles. The Kier molecular flexibility index (Phi) is 5.17. The molecule has 0 radical (unpaired) electrons. The van der Waals surface area contributed by atoms with Crippen molar-refractivity contribution in [3.8, 4) is 0 Å². The van der Waals surface area contributed by atoms with Gasteiger partial charge in [-0.05, 0) is 0 Å². The average Bonchev–Trinajstić information content (AvgIpc) is 1.91. The summed E-state index contributed by atoms with van der Waals surface area (Å²) in [7, 11) is 0. The van der Waals surface area contributed by atoms with Crippen LogP contribution in [0.1, 0.15) is 0 Å². The number of rotatable bonds is 4. The number of hydrogen-bond donors (Lipinski definition) is 2. The van der Waals surface area contributed by atoms with Crippen molar-refractivity contribution in [3.05, 3.63) is 24.8 Å². The molecule has 0 aromatic rings. The highest BCUT2D eigenvalue weighted by Gasteiger charge is 1.96. The largest absolute Gasteiger partial charge is 0.396 e. The standard InChI is InChI=1S/C7H12O2/c1-2-3-4-7(5-8)6-9/h2-4,7-9H,1,5-6H2/b4-3+. The van der Waals surface area contributed by atoms with Gasteiger partial charge in [0.15, 0.2) is 0 Å². The molecule has 9 heavy (non-hydrogen) atoms. The predicted octanol–water partition coefficient (Wildman–Crippen LogP) is 0.329. The lowest BCUT2D eigenvalue weighted by Gasteiger charge is -2.01. The lowest BCUT2D eigenvalue weighted by atomic mass is 10.1. The second-order valence-corrected chi connectivity index (χ2v) is 1.75. The van der Waals surface area contributed by atoms with E-state index in [0.717, 1.165) is 0 Å². The highest BCUT2D eigenvalue weighted by Crippen LogP contribution is 1.94. The molecule has 0 atom stereocenters. The summed E-state index contributed by atoms with van der Waals surface area (Å²) in [6, 6.07) is 0. The molecule has 0 saturated heterocycles. The lowest BCUT2D eigenvalue weighted by molar-refractivity contribution is 0.178. The number of aliphatic hydroxyl groups excluding tert-OH is 2. The van der Waals surface area contributed by atoms with Gasteiger partial charge in [0.05, 0.1) is 13.2 Å². The molecule has 0 aromatic heterocycles. The predicted molar refractivity (Wildman–Crippen MR) is 37.0 cm³/mol. The van der Waals surface area contributed by atoms with E-state index in [-0.39, 0.29) is 19.1 Å². The van der Waals surface area contributed by atoms with Gasteiger partial charge >= 0.3 is 0 Å². The minimum absolute atomic E-state index is 0.0131. The molecular formula is C7H12O2. The Balaban J connectivity index is 3.53. The highest BCUT2D eigenvalue weighted by molar-refractivity contribution is 4.99. The first kappa shape index (κ1) is 8.40. The SMILES string of the molecule is C=C/C=C/C(CO)CO. The molecule has 0 spiro atoms. The monoisotopic (exact) mass is 128 g/mol. The van der Waals surface area contributed by atoms with Crippen LogP contribution in [0.4, 0.5) is 0 Å². The van der Waals surface area contributed by atoms with Gasteiger partial charge in [0.1, 0.15) is 0 Å². The lowest BCUT2D eigenvalue weighted by Crippen LogP contribution is -2.06. The van der Waals surface area contributed by atoms with E-state index in [1.54, 1.807) is 18.2 Å². The van der Waals surface area contributed by atoms with E-state index < -0.39 is 0 Å². The zero-order chi connectivity index (χ0) is 7.11. The maximum atomic E-state index is 8.51. The van der Waals surface area contributed by atoms with E-state index in [1.807, 2.05) is 0 Å². The summed E-state index contributed by atoms with van der Waals surface area (Å²) in [4.78, 5) is 0. The summed E-state index contributed by atoms with van der Waals surface area (Å²) >= 11 is 0. The van der Waals surface area contributed by atoms with Gasteiger partial charge in [-0.15, -0.1) is 0 Å². The molecule has 0 saturated carbocycles. The van der Waals surface area contributed by atoms with Crippen molar-refractivity contribution in [1.82, 2.24) is 0 Å². The van der Waals surface area contributed by atoms with Crippen molar-refractivity contribution < 1.29 is 10.2 Å². The topological polar surface area (TPSA) is 40.5 Å². The molecule has 2 heteroatoms. The number of allylic oxidation sites excluding steroid dienone is 2. The first-order chi connectivity index (χ1) is 4.35. The zero-order valence-corrected chi connectivity index (χ0v) is 5.33. The van der Waals surface area contributed by atoms with Gasteiger partial charge < -0.3 is 10.2 Å². The van der Waals surface area contributed by atoms with Gasteiger partial charge in [-0.2, -0.15) is 0 Å². The molecule has 0 bridgehead atoms. The molecule has 0 unspecified atom stereocenters. The molecule has 2 nitrogen and oxygen atoms in total. The van der Waals surface area contributed by atoms with E-state index in [0.29, 0.717) is 0 Å². The molecule has 0 heterocycles. The fourth-order valence-electron chi connectivity index (χ4n) is 0.415. The molecule has 0 aliphatic carbocycles. The smallest absolute Gasteiger partial charge is 0.0515 e. The van der Waals surface area contributed by atoms with Gasteiger partial charge in [0.25, 0.3) is 0 Å². The molecule has 0 fully saturated rings. The highest BCUT2D eigenvalue weighted by atomic mass is 16.3. The molecule has 0 aliphatic heterocycles. The minimum Gasteiger partial charge on any atom is -0.396 e. The third kappa shape index (κ3) is 3.94. The summed E-state index contributed by atoms with van der Waals surface area (Å²) in [5, 5.41) is 17.0. The van der Waals surface area contributed by atoms with Crippen LogP contribution in [0, 0.1) is 5.92 Å². The third-order valence-corrected chi connectivity index (χ3v) is 0.988. The van der Waals surface area contributed by atoms with Crippen LogP contribution in [0.2, 0.25) is 0 Å². The van der Waals surface area contributed by atoms with Crippen molar-refractivity contribution in [2.45, 2.75) is 0 Å².